The molecule has 0 atom stereocenters. The third kappa shape index (κ3) is 3.21. The van der Waals surface area contributed by atoms with Crippen LogP contribution in [0, 0.1) is 6.92 Å². The third-order valence-electron chi connectivity index (χ3n) is 4.02. The Morgan fingerprint density at radius 2 is 1.81 bits per heavy atom. The molecule has 2 aromatic heterocycles. The highest BCUT2D eigenvalue weighted by Crippen LogP contribution is 2.27. The minimum absolute atomic E-state index is 0.597. The first-order valence-electron chi connectivity index (χ1n) is 8.12. The average Bonchev–Trinajstić information content (AvgIpc) is 3.28. The zero-order valence-corrected chi connectivity index (χ0v) is 15.0. The number of hydrogen-bond donors (Lipinski definition) is 1. The topological polar surface area (TPSA) is 82.8 Å². The Balaban J connectivity index is 1.50. The molecular formula is C19H17N5OS. The lowest BCUT2D eigenvalue weighted by Crippen LogP contribution is -2.12. The molecule has 0 aliphatic heterocycles. The zero-order chi connectivity index (χ0) is 17.9. The van der Waals surface area contributed by atoms with E-state index in [0.29, 0.717) is 16.7 Å². The van der Waals surface area contributed by atoms with Gasteiger partial charge in [-0.3, -0.25) is 0 Å². The minimum Gasteiger partial charge on any atom is -0.356 e. The number of thioether (sulfide) groups is 1. The van der Waals surface area contributed by atoms with Crippen molar-refractivity contribution in [1.82, 2.24) is 20.0 Å². The molecule has 7 heteroatoms. The van der Waals surface area contributed by atoms with Crippen molar-refractivity contribution in [3.05, 3.63) is 71.9 Å². The Morgan fingerprint density at radius 3 is 2.62 bits per heavy atom. The highest BCUT2D eigenvalue weighted by molar-refractivity contribution is 7.98. The van der Waals surface area contributed by atoms with E-state index in [1.165, 1.54) is 16.4 Å². The molecule has 0 spiro atoms. The van der Waals surface area contributed by atoms with Gasteiger partial charge in [0.05, 0.1) is 5.69 Å². The van der Waals surface area contributed by atoms with Crippen molar-refractivity contribution in [2.75, 3.05) is 5.84 Å². The van der Waals surface area contributed by atoms with E-state index < -0.39 is 0 Å². The molecule has 0 amide bonds. The van der Waals surface area contributed by atoms with Crippen molar-refractivity contribution in [3.63, 3.8) is 0 Å². The number of nitrogen functional groups attached to an aromatic ring is 1. The Morgan fingerprint density at radius 1 is 1.04 bits per heavy atom. The van der Waals surface area contributed by atoms with Gasteiger partial charge in [0, 0.05) is 22.9 Å². The summed E-state index contributed by atoms with van der Waals surface area (Å²) in [5.74, 6) is 8.18. The van der Waals surface area contributed by atoms with Crippen LogP contribution in [0.25, 0.3) is 22.7 Å². The summed E-state index contributed by atoms with van der Waals surface area (Å²) in [5, 5.41) is 13.2. The Kier molecular flexibility index (Phi) is 4.45. The lowest BCUT2D eigenvalue weighted by molar-refractivity contribution is 0.426. The number of rotatable bonds is 5. The highest BCUT2D eigenvalue weighted by Gasteiger charge is 2.15. The Labute approximate surface area is 155 Å². The van der Waals surface area contributed by atoms with Crippen LogP contribution in [0.5, 0.6) is 0 Å². The van der Waals surface area contributed by atoms with E-state index in [9.17, 15) is 0 Å². The molecule has 4 rings (SSSR count). The summed E-state index contributed by atoms with van der Waals surface area (Å²) >= 11 is 1.47. The monoisotopic (exact) mass is 363 g/mol. The van der Waals surface area contributed by atoms with E-state index >= 15 is 0 Å². The molecular weight excluding hydrogens is 346 g/mol. The van der Waals surface area contributed by atoms with E-state index in [-0.39, 0.29) is 0 Å². The normalized spacial score (nSPS) is 11.0. The molecule has 26 heavy (non-hydrogen) atoms. The van der Waals surface area contributed by atoms with Crippen LogP contribution < -0.4 is 5.84 Å². The number of benzene rings is 2. The van der Waals surface area contributed by atoms with Crippen LogP contribution in [0.2, 0.25) is 0 Å². The van der Waals surface area contributed by atoms with Gasteiger partial charge in [-0.2, -0.15) is 0 Å². The van der Waals surface area contributed by atoms with Crippen molar-refractivity contribution in [1.29, 1.82) is 0 Å². The fourth-order valence-electron chi connectivity index (χ4n) is 2.64. The molecule has 0 radical (unpaired) electrons. The first-order chi connectivity index (χ1) is 12.7. The number of nitrogens with zero attached hydrogens (tertiary/aromatic N) is 4. The van der Waals surface area contributed by atoms with Crippen molar-refractivity contribution >= 4 is 11.8 Å². The van der Waals surface area contributed by atoms with Crippen LogP contribution in [0.15, 0.2) is 70.3 Å². The first-order valence-corrected chi connectivity index (χ1v) is 9.11. The molecule has 4 aromatic rings. The van der Waals surface area contributed by atoms with Crippen LogP contribution in [0.1, 0.15) is 11.3 Å². The fraction of sp³-hybridized carbons (Fsp3) is 0.105. The SMILES string of the molecule is Cc1ccccc1-c1nnc(SCc2cc(-c3ccccc3)on2)n1N. The van der Waals surface area contributed by atoms with E-state index in [2.05, 4.69) is 15.4 Å². The molecule has 130 valence electrons. The van der Waals surface area contributed by atoms with Gasteiger partial charge in [0.15, 0.2) is 11.6 Å². The summed E-state index contributed by atoms with van der Waals surface area (Å²) in [5.41, 5.74) is 3.91. The molecule has 6 nitrogen and oxygen atoms in total. The standard InChI is InChI=1S/C19H17N5OS/c1-13-7-5-6-10-16(13)18-21-22-19(24(18)20)26-12-15-11-17(25-23-15)14-8-3-2-4-9-14/h2-11H,12,20H2,1H3. The number of hydrogen-bond acceptors (Lipinski definition) is 6. The van der Waals surface area contributed by atoms with Crippen molar-refractivity contribution in [3.8, 4) is 22.7 Å². The lowest BCUT2D eigenvalue weighted by atomic mass is 10.1. The van der Waals surface area contributed by atoms with E-state index in [4.69, 9.17) is 10.4 Å². The van der Waals surface area contributed by atoms with Crippen molar-refractivity contribution < 1.29 is 4.52 Å². The summed E-state index contributed by atoms with van der Waals surface area (Å²) in [6.07, 6.45) is 0. The average molecular weight is 363 g/mol. The minimum atomic E-state index is 0.597. The second-order valence-electron chi connectivity index (χ2n) is 5.83. The molecule has 0 saturated heterocycles. The number of nitrogens with two attached hydrogens (primary N) is 1. The number of aryl methyl sites for hydroxylation is 1. The molecule has 0 aliphatic rings. The van der Waals surface area contributed by atoms with E-state index in [1.54, 1.807) is 0 Å². The van der Waals surface area contributed by atoms with Gasteiger partial charge in [0.25, 0.3) is 0 Å². The van der Waals surface area contributed by atoms with Gasteiger partial charge in [-0.15, -0.1) is 10.2 Å². The van der Waals surface area contributed by atoms with Crippen LogP contribution >= 0.6 is 11.8 Å². The third-order valence-corrected chi connectivity index (χ3v) is 4.99. The van der Waals surface area contributed by atoms with E-state index in [0.717, 1.165) is 28.1 Å². The molecule has 0 bridgehead atoms. The molecule has 2 N–H and O–H groups in total. The maximum Gasteiger partial charge on any atom is 0.210 e. The van der Waals surface area contributed by atoms with Gasteiger partial charge in [-0.05, 0) is 12.5 Å². The second-order valence-corrected chi connectivity index (χ2v) is 6.77. The van der Waals surface area contributed by atoms with Gasteiger partial charge in [-0.1, -0.05) is 71.5 Å². The van der Waals surface area contributed by atoms with Gasteiger partial charge < -0.3 is 10.4 Å². The molecule has 0 fully saturated rings. The first kappa shape index (κ1) is 16.4. The van der Waals surface area contributed by atoms with Crippen molar-refractivity contribution in [2.24, 2.45) is 0 Å². The molecule has 0 saturated carbocycles. The largest absolute Gasteiger partial charge is 0.356 e. The summed E-state index contributed by atoms with van der Waals surface area (Å²) in [7, 11) is 0. The van der Waals surface area contributed by atoms with Gasteiger partial charge >= 0.3 is 0 Å². The van der Waals surface area contributed by atoms with Gasteiger partial charge in [0.1, 0.15) is 0 Å². The van der Waals surface area contributed by atoms with Crippen LogP contribution in [-0.4, -0.2) is 20.0 Å². The Bertz CT molecular complexity index is 1030. The lowest BCUT2D eigenvalue weighted by Gasteiger charge is -2.05. The molecule has 0 unspecified atom stereocenters. The predicted octanol–water partition coefficient (Wildman–Crippen LogP) is 3.91. The smallest absolute Gasteiger partial charge is 0.210 e. The molecule has 2 heterocycles. The van der Waals surface area contributed by atoms with E-state index in [1.807, 2.05) is 67.6 Å². The van der Waals surface area contributed by atoms with Gasteiger partial charge in [-0.25, -0.2) is 4.68 Å². The molecule has 2 aromatic carbocycles. The highest BCUT2D eigenvalue weighted by atomic mass is 32.2. The van der Waals surface area contributed by atoms with Crippen molar-refractivity contribution in [2.45, 2.75) is 17.8 Å². The Hall–Kier alpha value is -3.06. The molecule has 0 aliphatic carbocycles. The second kappa shape index (κ2) is 7.05. The van der Waals surface area contributed by atoms with Crippen LogP contribution in [0.3, 0.4) is 0 Å². The van der Waals surface area contributed by atoms with Gasteiger partial charge in [0.2, 0.25) is 5.16 Å². The van der Waals surface area contributed by atoms with Crippen LogP contribution in [0.4, 0.5) is 0 Å². The summed E-state index contributed by atoms with van der Waals surface area (Å²) in [6, 6.07) is 19.8. The fourth-order valence-corrected chi connectivity index (χ4v) is 3.38. The zero-order valence-electron chi connectivity index (χ0n) is 14.2. The maximum absolute atomic E-state index is 6.19. The number of aromatic nitrogens is 4. The summed E-state index contributed by atoms with van der Waals surface area (Å²) < 4.78 is 6.94. The summed E-state index contributed by atoms with van der Waals surface area (Å²) in [6.45, 7) is 2.03. The maximum atomic E-state index is 6.19. The summed E-state index contributed by atoms with van der Waals surface area (Å²) in [4.78, 5) is 0. The predicted molar refractivity (Wildman–Crippen MR) is 102 cm³/mol. The van der Waals surface area contributed by atoms with Crippen LogP contribution in [-0.2, 0) is 5.75 Å². The quantitative estimate of drug-likeness (QED) is 0.427.